The van der Waals surface area contributed by atoms with Gasteiger partial charge in [0.25, 0.3) is 40.5 Å². The van der Waals surface area contributed by atoms with Crippen molar-refractivity contribution >= 4 is 87.5 Å². The highest BCUT2D eigenvalue weighted by atomic mass is 32.2. The first-order valence-electron chi connectivity index (χ1n) is 13.1. The fourth-order valence-electron chi connectivity index (χ4n) is 3.24. The van der Waals surface area contributed by atoms with E-state index in [1.807, 2.05) is 0 Å². The van der Waals surface area contributed by atoms with Gasteiger partial charge < -0.3 is 31.9 Å². The Balaban J connectivity index is 1.76. The van der Waals surface area contributed by atoms with Gasteiger partial charge in [-0.05, 0) is 24.3 Å². The quantitative estimate of drug-likeness (QED) is 0.0601. The van der Waals surface area contributed by atoms with Gasteiger partial charge in [0.1, 0.15) is 0 Å². The second kappa shape index (κ2) is 16.2. The SMILES string of the molecule is O=S(=O)(O)CCNc1nc(NCCS(=O)(=O)O)nc(Nc2ccc(Nc3nc(NCCS(=O)(=O)O)nc(NCCS(=O)(=O)O)n3)cc2)n1. The standard InChI is InChI=1S/C20H30N12O12S4/c33-45(34,35)9-5-21-15-27-16(22-6-10-46(36,37)38)30-19(29-15)25-13-1-2-14(4-3-13)26-20-31-17(23-7-11-47(39,40)41)28-18(32-20)24-8-12-48(42,43)44/h1-4H,5-12H2,(H,33,34,35)(H,36,37,38)(H,39,40,41)(H,42,43,44)(H3,21,22,25,27,29,30)(H3,23,24,26,28,31,32). The van der Waals surface area contributed by atoms with Crippen molar-refractivity contribution in [2.75, 3.05) is 81.1 Å². The number of anilines is 8. The Morgan fingerprint density at radius 1 is 0.396 bits per heavy atom. The van der Waals surface area contributed by atoms with E-state index in [0.29, 0.717) is 11.4 Å². The van der Waals surface area contributed by atoms with Crippen LogP contribution in [-0.4, -0.2) is 131 Å². The van der Waals surface area contributed by atoms with Crippen molar-refractivity contribution in [2.45, 2.75) is 0 Å². The first kappa shape index (κ1) is 38.1. The molecule has 28 heteroatoms. The van der Waals surface area contributed by atoms with Crippen LogP contribution in [0.3, 0.4) is 0 Å². The fourth-order valence-corrected chi connectivity index (χ4v) is 4.68. The zero-order valence-corrected chi connectivity index (χ0v) is 27.6. The molecule has 0 saturated carbocycles. The van der Waals surface area contributed by atoms with E-state index in [1.165, 1.54) is 0 Å². The average Bonchev–Trinajstić information content (AvgIpc) is 2.91. The lowest BCUT2D eigenvalue weighted by molar-refractivity contribution is 0.481. The normalized spacial score (nSPS) is 12.2. The number of nitrogens with one attached hydrogen (secondary N) is 6. The van der Waals surface area contributed by atoms with Crippen LogP contribution in [0, 0.1) is 0 Å². The van der Waals surface area contributed by atoms with E-state index < -0.39 is 63.5 Å². The largest absolute Gasteiger partial charge is 0.353 e. The van der Waals surface area contributed by atoms with Gasteiger partial charge in [-0.2, -0.15) is 63.6 Å². The second-order valence-corrected chi connectivity index (χ2v) is 15.6. The van der Waals surface area contributed by atoms with Crippen LogP contribution in [-0.2, 0) is 40.5 Å². The van der Waals surface area contributed by atoms with Crippen LogP contribution < -0.4 is 31.9 Å². The maximum atomic E-state index is 11.0. The molecule has 266 valence electrons. The molecule has 0 spiro atoms. The van der Waals surface area contributed by atoms with Gasteiger partial charge in [0.05, 0.1) is 23.0 Å². The lowest BCUT2D eigenvalue weighted by Crippen LogP contribution is -2.19. The van der Waals surface area contributed by atoms with E-state index in [-0.39, 0.29) is 61.9 Å². The molecule has 0 aliphatic heterocycles. The number of nitrogens with zero attached hydrogens (tertiary/aromatic N) is 6. The monoisotopic (exact) mass is 758 g/mol. The summed E-state index contributed by atoms with van der Waals surface area (Å²) in [5.41, 5.74) is 0.825. The molecule has 2 heterocycles. The third kappa shape index (κ3) is 16.0. The molecule has 0 bridgehead atoms. The van der Waals surface area contributed by atoms with Crippen molar-refractivity contribution in [1.82, 2.24) is 29.9 Å². The minimum absolute atomic E-state index is 0.0758. The van der Waals surface area contributed by atoms with E-state index in [2.05, 4.69) is 61.8 Å². The van der Waals surface area contributed by atoms with Crippen molar-refractivity contribution < 1.29 is 51.9 Å². The van der Waals surface area contributed by atoms with Crippen LogP contribution in [0.4, 0.5) is 47.1 Å². The average molecular weight is 759 g/mol. The zero-order valence-electron chi connectivity index (χ0n) is 24.3. The van der Waals surface area contributed by atoms with Gasteiger partial charge in [-0.3, -0.25) is 18.2 Å². The highest BCUT2D eigenvalue weighted by Gasteiger charge is 2.13. The molecule has 3 rings (SSSR count). The molecule has 3 aromatic rings. The maximum Gasteiger partial charge on any atom is 0.266 e. The topological polar surface area (TPSA) is 367 Å². The van der Waals surface area contributed by atoms with Gasteiger partial charge >= 0.3 is 0 Å². The van der Waals surface area contributed by atoms with Crippen LogP contribution in [0.1, 0.15) is 0 Å². The summed E-state index contributed by atoms with van der Waals surface area (Å²) in [7, 11) is -17.2. The van der Waals surface area contributed by atoms with Crippen molar-refractivity contribution in [3.63, 3.8) is 0 Å². The third-order valence-electron chi connectivity index (χ3n) is 5.24. The molecule has 0 atom stereocenters. The summed E-state index contributed by atoms with van der Waals surface area (Å²) in [5, 5.41) is 16.1. The van der Waals surface area contributed by atoms with Crippen molar-refractivity contribution in [2.24, 2.45) is 0 Å². The molecule has 0 aliphatic carbocycles. The van der Waals surface area contributed by atoms with E-state index in [4.69, 9.17) is 18.2 Å². The Kier molecular flexibility index (Phi) is 12.9. The predicted octanol–water partition coefficient (Wildman–Crippen LogP) is -1.26. The zero-order chi connectivity index (χ0) is 35.6. The number of hydrogen-bond acceptors (Lipinski definition) is 20. The van der Waals surface area contributed by atoms with Crippen LogP contribution in [0.5, 0.6) is 0 Å². The highest BCUT2D eigenvalue weighted by molar-refractivity contribution is 7.86. The Hall–Kier alpha value is -4.32. The predicted molar refractivity (Wildman–Crippen MR) is 172 cm³/mol. The Labute approximate surface area is 274 Å². The smallest absolute Gasteiger partial charge is 0.266 e. The molecular weight excluding hydrogens is 729 g/mol. The molecule has 1 aromatic carbocycles. The molecule has 24 nitrogen and oxygen atoms in total. The second-order valence-electron chi connectivity index (χ2n) is 9.29. The molecule has 48 heavy (non-hydrogen) atoms. The van der Waals surface area contributed by atoms with Crippen molar-refractivity contribution in [3.8, 4) is 0 Å². The van der Waals surface area contributed by atoms with Gasteiger partial charge in [-0.25, -0.2) is 0 Å². The first-order valence-corrected chi connectivity index (χ1v) is 19.6. The van der Waals surface area contributed by atoms with E-state index >= 15 is 0 Å². The Morgan fingerprint density at radius 3 is 0.812 bits per heavy atom. The Morgan fingerprint density at radius 2 is 0.604 bits per heavy atom. The summed E-state index contributed by atoms with van der Waals surface area (Å²) in [6.45, 7) is -1.11. The van der Waals surface area contributed by atoms with Gasteiger partial charge in [-0.15, -0.1) is 0 Å². The summed E-state index contributed by atoms with van der Waals surface area (Å²) < 4.78 is 124. The van der Waals surface area contributed by atoms with Crippen LogP contribution in [0.25, 0.3) is 0 Å². The number of hydrogen-bond donors (Lipinski definition) is 10. The van der Waals surface area contributed by atoms with Gasteiger partial charge in [-0.1, -0.05) is 0 Å². The lowest BCUT2D eigenvalue weighted by Gasteiger charge is -2.12. The van der Waals surface area contributed by atoms with Crippen LogP contribution in [0.2, 0.25) is 0 Å². The van der Waals surface area contributed by atoms with E-state index in [1.54, 1.807) is 24.3 Å². The van der Waals surface area contributed by atoms with Gasteiger partial charge in [0, 0.05) is 37.6 Å². The number of aromatic nitrogens is 6. The van der Waals surface area contributed by atoms with Gasteiger partial charge in [0.2, 0.25) is 35.7 Å². The molecule has 0 unspecified atom stereocenters. The summed E-state index contributed by atoms with van der Waals surface area (Å²) >= 11 is 0. The van der Waals surface area contributed by atoms with Gasteiger partial charge in [0.15, 0.2) is 0 Å². The summed E-state index contributed by atoms with van der Waals surface area (Å²) in [4.78, 5) is 24.4. The van der Waals surface area contributed by atoms with Crippen LogP contribution in [0.15, 0.2) is 24.3 Å². The Bertz CT molecular complexity index is 1740. The van der Waals surface area contributed by atoms with Crippen molar-refractivity contribution in [3.05, 3.63) is 24.3 Å². The first-order chi connectivity index (χ1) is 22.2. The summed E-state index contributed by atoms with van der Waals surface area (Å²) in [5.74, 6) is -3.34. The van der Waals surface area contributed by atoms with E-state index in [9.17, 15) is 33.7 Å². The molecule has 0 amide bonds. The van der Waals surface area contributed by atoms with Crippen molar-refractivity contribution in [1.29, 1.82) is 0 Å². The molecule has 2 aromatic heterocycles. The lowest BCUT2D eigenvalue weighted by atomic mass is 10.3. The molecule has 0 fully saturated rings. The fraction of sp³-hybridized carbons (Fsp3) is 0.400. The summed E-state index contributed by atoms with van der Waals surface area (Å²) in [6, 6.07) is 6.23. The number of rotatable bonds is 20. The molecule has 0 radical (unpaired) electrons. The molecule has 0 aliphatic rings. The molecule has 0 saturated heterocycles. The molecule has 10 N–H and O–H groups in total. The minimum atomic E-state index is -4.29. The minimum Gasteiger partial charge on any atom is -0.353 e. The molecular formula is C20H30N12O12S4. The number of benzene rings is 1. The third-order valence-corrected chi connectivity index (χ3v) is 8.12. The highest BCUT2D eigenvalue weighted by Crippen LogP contribution is 2.21. The summed E-state index contributed by atoms with van der Waals surface area (Å²) in [6.07, 6.45) is 0. The maximum absolute atomic E-state index is 11.0. The van der Waals surface area contributed by atoms with E-state index in [0.717, 1.165) is 0 Å². The van der Waals surface area contributed by atoms with Crippen LogP contribution >= 0.6 is 0 Å².